The van der Waals surface area contributed by atoms with Gasteiger partial charge in [-0.05, 0) is 98.8 Å². The van der Waals surface area contributed by atoms with Gasteiger partial charge in [0.1, 0.15) is 11.6 Å². The summed E-state index contributed by atoms with van der Waals surface area (Å²) in [6.45, 7) is 12.8. The molecule has 0 aliphatic heterocycles. The Morgan fingerprint density at radius 3 is 1.96 bits per heavy atom. The predicted molar refractivity (Wildman–Crippen MR) is 225 cm³/mol. The van der Waals surface area contributed by atoms with Crippen LogP contribution in [0, 0.1) is 0 Å². The number of rotatable bonds is 6. The van der Waals surface area contributed by atoms with Gasteiger partial charge in [0.2, 0.25) is 0 Å². The van der Waals surface area contributed by atoms with E-state index in [0.29, 0.717) is 39.3 Å². The lowest BCUT2D eigenvalue weighted by Gasteiger charge is -2.27. The molecule has 1 N–H and O–H groups in total. The largest absolute Gasteiger partial charge is 0.507 e. The van der Waals surface area contributed by atoms with Gasteiger partial charge < -0.3 is 5.11 Å². The number of phenols is 1. The van der Waals surface area contributed by atoms with Crippen LogP contribution in [0.25, 0.3) is 72.7 Å². The highest BCUT2D eigenvalue weighted by atomic mass is 16.3. The first-order chi connectivity index (χ1) is 28.0. The summed E-state index contributed by atoms with van der Waals surface area (Å²) < 4.78 is 45.3. The molecule has 4 nitrogen and oxygen atoms in total. The summed E-state index contributed by atoms with van der Waals surface area (Å²) in [4.78, 5) is 10.2. The summed E-state index contributed by atoms with van der Waals surface area (Å²) >= 11 is 0. The van der Waals surface area contributed by atoms with Crippen molar-refractivity contribution in [1.29, 1.82) is 0 Å². The van der Waals surface area contributed by atoms with Gasteiger partial charge in [-0.15, -0.1) is 0 Å². The molecule has 2 aromatic heterocycles. The van der Waals surface area contributed by atoms with Crippen LogP contribution >= 0.6 is 0 Å². The van der Waals surface area contributed by atoms with Crippen molar-refractivity contribution >= 4 is 11.0 Å². The van der Waals surface area contributed by atoms with E-state index in [-0.39, 0.29) is 34.2 Å². The highest BCUT2D eigenvalue weighted by Gasteiger charge is 2.28. The Balaban J connectivity index is 1.45. The van der Waals surface area contributed by atoms with Gasteiger partial charge in [-0.3, -0.25) is 9.55 Å². The predicted octanol–water partition coefficient (Wildman–Crippen LogP) is 13.1. The average molecular weight is 709 g/mol. The first kappa shape index (κ1) is 29.2. The van der Waals surface area contributed by atoms with E-state index < -0.39 is 18.1 Å². The van der Waals surface area contributed by atoms with Crippen molar-refractivity contribution in [3.8, 4) is 67.5 Å². The number of para-hydroxylation sites is 2. The van der Waals surface area contributed by atoms with E-state index in [1.807, 2.05) is 115 Å². The minimum absolute atomic E-state index is 0.0969. The molecule has 8 aromatic rings. The van der Waals surface area contributed by atoms with Crippen molar-refractivity contribution in [3.63, 3.8) is 0 Å². The number of phenolic OH excluding ortho intramolecular Hbond substituents is 1. The van der Waals surface area contributed by atoms with Crippen LogP contribution in [0.5, 0.6) is 5.75 Å². The second-order valence-electron chi connectivity index (χ2n) is 15.8. The van der Waals surface area contributed by atoms with E-state index >= 15 is 0 Å². The van der Waals surface area contributed by atoms with Crippen molar-refractivity contribution in [2.24, 2.45) is 0 Å². The van der Waals surface area contributed by atoms with Gasteiger partial charge in [0.15, 0.2) is 0 Å². The molecule has 0 bridgehead atoms. The van der Waals surface area contributed by atoms with E-state index in [4.69, 9.17) is 16.8 Å². The molecule has 4 heteroatoms. The minimum atomic E-state index is -0.450. The fourth-order valence-corrected chi connectivity index (χ4v) is 7.03. The first-order valence-corrected chi connectivity index (χ1v) is 18.2. The summed E-state index contributed by atoms with van der Waals surface area (Å²) in [5.74, 6) is 0.751. The number of hydrogen-bond donors (Lipinski definition) is 1. The number of fused-ring (bicyclic) bond motifs is 1. The van der Waals surface area contributed by atoms with E-state index in [1.165, 1.54) is 0 Å². The lowest BCUT2D eigenvalue weighted by atomic mass is 9.79. The molecule has 0 amide bonds. The first-order valence-electron chi connectivity index (χ1n) is 20.7. The number of imidazole rings is 1. The molecule has 0 saturated carbocycles. The van der Waals surface area contributed by atoms with Crippen LogP contribution in [0.15, 0.2) is 158 Å². The number of nitrogens with zero attached hydrogens (tertiary/aromatic N) is 3. The van der Waals surface area contributed by atoms with Crippen LogP contribution in [-0.4, -0.2) is 19.6 Å². The maximum absolute atomic E-state index is 12.2. The molecule has 0 unspecified atom stereocenters. The maximum atomic E-state index is 12.2. The maximum Gasteiger partial charge on any atom is 0.149 e. The molecule has 0 atom stereocenters. The van der Waals surface area contributed by atoms with Crippen LogP contribution in [0.2, 0.25) is 0 Å². The van der Waals surface area contributed by atoms with Gasteiger partial charge in [0, 0.05) is 28.6 Å². The Morgan fingerprint density at radius 2 is 1.26 bits per heavy atom. The van der Waals surface area contributed by atoms with E-state index in [9.17, 15) is 5.11 Å². The zero-order valence-corrected chi connectivity index (χ0v) is 31.4. The second kappa shape index (κ2) is 13.6. The third-order valence-corrected chi connectivity index (χ3v) is 9.92. The molecule has 266 valence electrons. The van der Waals surface area contributed by atoms with Crippen molar-refractivity contribution in [2.45, 2.75) is 52.4 Å². The van der Waals surface area contributed by atoms with Gasteiger partial charge in [-0.1, -0.05) is 138 Å². The van der Waals surface area contributed by atoms with Gasteiger partial charge in [-0.2, -0.15) is 0 Å². The minimum Gasteiger partial charge on any atom is -0.507 e. The molecular weight excluding hydrogens is 659 g/mol. The van der Waals surface area contributed by atoms with Crippen molar-refractivity contribution in [1.82, 2.24) is 14.5 Å². The third kappa shape index (κ3) is 6.60. The van der Waals surface area contributed by atoms with Crippen molar-refractivity contribution < 1.29 is 12.0 Å². The Kier molecular flexibility index (Phi) is 7.37. The number of aromatic hydroxyl groups is 1. The number of hydrogen-bond acceptors (Lipinski definition) is 3. The smallest absolute Gasteiger partial charge is 0.149 e. The second-order valence-corrected chi connectivity index (χ2v) is 15.8. The van der Waals surface area contributed by atoms with Gasteiger partial charge in [0.05, 0.1) is 29.1 Å². The average Bonchev–Trinajstić information content (AvgIpc) is 3.62. The fraction of sp³-hybridized carbons (Fsp3) is 0.160. The quantitative estimate of drug-likeness (QED) is 0.187. The Hall–Kier alpha value is -6.26. The van der Waals surface area contributed by atoms with Crippen LogP contribution < -0.4 is 0 Å². The van der Waals surface area contributed by atoms with Crippen LogP contribution in [-0.2, 0) is 10.8 Å². The fourth-order valence-electron chi connectivity index (χ4n) is 7.03. The van der Waals surface area contributed by atoms with Crippen molar-refractivity contribution in [2.75, 3.05) is 0 Å². The summed E-state index contributed by atoms with van der Waals surface area (Å²) in [6.07, 6.45) is 1.76. The molecule has 2 heterocycles. The van der Waals surface area contributed by atoms with Crippen LogP contribution in [0.3, 0.4) is 0 Å². The summed E-state index contributed by atoms with van der Waals surface area (Å²) in [7, 11) is 0. The lowest BCUT2D eigenvalue weighted by molar-refractivity contribution is 0.446. The SMILES string of the molecule is [2H]c1c([2H])c([2H])c(-c2cc(-c3cc(-c4ccccc4)ccn3)cc(-c3cccc4c3nc(-c3cc(C(C)(C)C)cc(C(C)(C)C)c3O)n4-c3ccccc3)c2)c([2H])c1[2H]. The molecule has 0 fully saturated rings. The van der Waals surface area contributed by atoms with E-state index in [0.717, 1.165) is 39.0 Å². The van der Waals surface area contributed by atoms with Gasteiger partial charge in [-0.25, -0.2) is 4.98 Å². The molecule has 54 heavy (non-hydrogen) atoms. The molecule has 0 saturated heterocycles. The Labute approximate surface area is 325 Å². The molecule has 0 aliphatic rings. The van der Waals surface area contributed by atoms with E-state index in [1.54, 1.807) is 6.20 Å². The molecule has 0 spiro atoms. The standard InChI is InChI=1S/C50H45N3O/c1-49(2,3)39-31-42(47(54)43(32-39)50(4,5)6)48-52-46-41(23-16-24-45(46)53(48)40-21-14-9-15-22-40)37-27-36(34-19-12-8-13-20-34)28-38(29-37)44-30-35(25-26-51-44)33-17-10-7-11-18-33/h7-32,54H,1-6H3/i8D,12D,13D,19D,20D. The monoisotopic (exact) mass is 708 g/mol. The number of pyridine rings is 1. The topological polar surface area (TPSA) is 50.9 Å². The van der Waals surface area contributed by atoms with E-state index in [2.05, 4.69) is 52.2 Å². The zero-order valence-electron chi connectivity index (χ0n) is 36.4. The summed E-state index contributed by atoms with van der Waals surface area (Å²) in [5.41, 5.74) is 9.65. The molecule has 0 radical (unpaired) electrons. The number of benzene rings is 6. The summed E-state index contributed by atoms with van der Waals surface area (Å²) in [5, 5.41) is 12.2. The van der Waals surface area contributed by atoms with Crippen LogP contribution in [0.4, 0.5) is 0 Å². The normalized spacial score (nSPS) is 13.3. The molecule has 0 aliphatic carbocycles. The lowest BCUT2D eigenvalue weighted by Crippen LogP contribution is -2.17. The van der Waals surface area contributed by atoms with Crippen LogP contribution in [0.1, 0.15) is 59.5 Å². The van der Waals surface area contributed by atoms with Crippen molar-refractivity contribution in [3.05, 3.63) is 169 Å². The molecule has 8 rings (SSSR count). The molecular formula is C50H45N3O. The highest BCUT2D eigenvalue weighted by molar-refractivity contribution is 5.97. The highest BCUT2D eigenvalue weighted by Crippen LogP contribution is 2.44. The Bertz CT molecular complexity index is 2880. The zero-order chi connectivity index (χ0) is 42.0. The third-order valence-electron chi connectivity index (χ3n) is 9.92. The Morgan fingerprint density at radius 1 is 0.574 bits per heavy atom. The van der Waals surface area contributed by atoms with Gasteiger partial charge in [0.25, 0.3) is 0 Å². The van der Waals surface area contributed by atoms with Gasteiger partial charge >= 0.3 is 0 Å². The number of aromatic nitrogens is 3. The summed E-state index contributed by atoms with van der Waals surface area (Å²) in [6, 6.07) is 37.9. The molecule has 6 aromatic carbocycles.